The Morgan fingerprint density at radius 1 is 1.00 bits per heavy atom. The Kier molecular flexibility index (Phi) is 3.81. The topological polar surface area (TPSA) is 14.2 Å². The molecule has 0 aliphatic rings. The minimum absolute atomic E-state index is 0.226. The molecule has 0 bridgehead atoms. The Morgan fingerprint density at radius 3 is 2.55 bits per heavy atom. The molecule has 3 rings (SSSR count). The van der Waals surface area contributed by atoms with Crippen molar-refractivity contribution in [3.8, 4) is 5.69 Å². The summed E-state index contributed by atoms with van der Waals surface area (Å²) in [5, 5.41) is 1.23. The van der Waals surface area contributed by atoms with Crippen LogP contribution < -0.4 is 0 Å². The molecule has 102 valence electrons. The Bertz CT molecular complexity index is 703. The maximum Gasteiger partial charge on any atom is 0.0670 e. The second kappa shape index (κ2) is 5.73. The highest BCUT2D eigenvalue weighted by molar-refractivity contribution is 7.94. The van der Waals surface area contributed by atoms with E-state index < -0.39 is 0 Å². The molecule has 0 radical (unpaired) electrons. The highest BCUT2D eigenvalue weighted by Crippen LogP contribution is 2.27. The molecule has 0 spiro atoms. The van der Waals surface area contributed by atoms with Gasteiger partial charge in [0.05, 0.1) is 11.6 Å². The van der Waals surface area contributed by atoms with Crippen molar-refractivity contribution in [2.45, 2.75) is 24.8 Å². The van der Waals surface area contributed by atoms with Crippen molar-refractivity contribution >= 4 is 22.9 Å². The van der Waals surface area contributed by atoms with E-state index in [0.29, 0.717) is 0 Å². The lowest BCUT2D eigenvalue weighted by molar-refractivity contribution is 0.289. The fraction of sp³-hybridized carbons (Fsp3) is 0.176. The van der Waals surface area contributed by atoms with Crippen molar-refractivity contribution in [1.82, 2.24) is 4.57 Å². The van der Waals surface area contributed by atoms with E-state index in [1.165, 1.54) is 28.6 Å². The summed E-state index contributed by atoms with van der Waals surface area (Å²) in [6.45, 7) is 4.08. The molecule has 0 atom stereocenters. The molecule has 0 saturated carbocycles. The molecule has 20 heavy (non-hydrogen) atoms. The largest absolute Gasteiger partial charge is 0.317 e. The van der Waals surface area contributed by atoms with Gasteiger partial charge in [0.1, 0.15) is 0 Å². The second-order valence-electron chi connectivity index (χ2n) is 4.97. The lowest BCUT2D eigenvalue weighted by Crippen LogP contribution is -1.94. The van der Waals surface area contributed by atoms with Crippen LogP contribution in [-0.4, -0.2) is 10.7 Å². The van der Waals surface area contributed by atoms with Gasteiger partial charge in [0.2, 0.25) is 0 Å². The van der Waals surface area contributed by atoms with Crippen LogP contribution in [0.5, 0.6) is 0 Å². The average molecular weight is 283 g/mol. The van der Waals surface area contributed by atoms with Crippen LogP contribution >= 0.6 is 12.0 Å². The average Bonchev–Trinajstić information content (AvgIpc) is 2.89. The zero-order valence-corrected chi connectivity index (χ0v) is 12.4. The van der Waals surface area contributed by atoms with Crippen molar-refractivity contribution in [2.24, 2.45) is 0 Å². The number of fused-ring (bicyclic) bond motifs is 1. The third kappa shape index (κ3) is 2.74. The third-order valence-electron chi connectivity index (χ3n) is 3.03. The van der Waals surface area contributed by atoms with E-state index in [1.54, 1.807) is 0 Å². The first-order valence-electron chi connectivity index (χ1n) is 6.74. The van der Waals surface area contributed by atoms with Crippen molar-refractivity contribution in [1.29, 1.82) is 0 Å². The molecule has 1 aromatic heterocycles. The van der Waals surface area contributed by atoms with E-state index in [1.807, 2.05) is 19.9 Å². The molecule has 0 unspecified atom stereocenters. The smallest absolute Gasteiger partial charge is 0.0670 e. The minimum atomic E-state index is 0.226. The van der Waals surface area contributed by atoms with Crippen molar-refractivity contribution in [2.75, 3.05) is 0 Å². The molecular formula is C17H17NOS. The van der Waals surface area contributed by atoms with E-state index >= 15 is 0 Å². The van der Waals surface area contributed by atoms with Crippen molar-refractivity contribution < 1.29 is 4.18 Å². The standard InChI is InChI=1S/C17H17NOS/c1-13(2)19-20-16-8-9-17-14(12-16)10-11-18(17)15-6-4-3-5-7-15/h3-13H,1-2H3. The normalized spacial score (nSPS) is 11.3. The summed E-state index contributed by atoms with van der Waals surface area (Å²) in [5.41, 5.74) is 2.39. The fourth-order valence-corrected chi connectivity index (χ4v) is 2.74. The van der Waals surface area contributed by atoms with Crippen molar-refractivity contribution in [3.63, 3.8) is 0 Å². The number of benzene rings is 2. The number of rotatable bonds is 4. The molecule has 0 amide bonds. The zero-order chi connectivity index (χ0) is 13.9. The maximum absolute atomic E-state index is 5.58. The molecule has 3 heteroatoms. The van der Waals surface area contributed by atoms with Crippen LogP contribution in [0.4, 0.5) is 0 Å². The molecule has 0 aliphatic carbocycles. The molecule has 0 saturated heterocycles. The summed E-state index contributed by atoms with van der Waals surface area (Å²) in [6.07, 6.45) is 2.34. The van der Waals surface area contributed by atoms with Gasteiger partial charge in [-0.2, -0.15) is 0 Å². The Labute approximate surface area is 123 Å². The summed E-state index contributed by atoms with van der Waals surface area (Å²) in [6, 6.07) is 18.9. The van der Waals surface area contributed by atoms with Crippen LogP contribution in [0.3, 0.4) is 0 Å². The van der Waals surface area contributed by atoms with Crippen LogP contribution in [0.25, 0.3) is 16.6 Å². The predicted molar refractivity (Wildman–Crippen MR) is 85.4 cm³/mol. The highest BCUT2D eigenvalue weighted by atomic mass is 32.2. The lowest BCUT2D eigenvalue weighted by Gasteiger charge is -2.07. The van der Waals surface area contributed by atoms with Gasteiger partial charge in [-0.3, -0.25) is 0 Å². The molecule has 0 N–H and O–H groups in total. The van der Waals surface area contributed by atoms with Crippen LogP contribution in [0, 0.1) is 0 Å². The molecule has 0 aliphatic heterocycles. The SMILES string of the molecule is CC(C)OSc1ccc2c(ccn2-c2ccccc2)c1. The van der Waals surface area contributed by atoms with Gasteiger partial charge in [-0.15, -0.1) is 0 Å². The van der Waals surface area contributed by atoms with Gasteiger partial charge >= 0.3 is 0 Å². The molecule has 1 heterocycles. The lowest BCUT2D eigenvalue weighted by atomic mass is 10.2. The summed E-state index contributed by atoms with van der Waals surface area (Å²) >= 11 is 1.44. The number of nitrogens with zero attached hydrogens (tertiary/aromatic N) is 1. The van der Waals surface area contributed by atoms with E-state index in [0.717, 1.165) is 4.90 Å². The first kappa shape index (κ1) is 13.3. The molecule has 2 nitrogen and oxygen atoms in total. The van der Waals surface area contributed by atoms with Gasteiger partial charge in [0.15, 0.2) is 0 Å². The Balaban J connectivity index is 1.94. The fourth-order valence-electron chi connectivity index (χ4n) is 2.14. The van der Waals surface area contributed by atoms with E-state index in [4.69, 9.17) is 4.18 Å². The van der Waals surface area contributed by atoms with E-state index in [9.17, 15) is 0 Å². The minimum Gasteiger partial charge on any atom is -0.317 e. The second-order valence-corrected chi connectivity index (χ2v) is 5.80. The first-order valence-corrected chi connectivity index (χ1v) is 7.48. The van der Waals surface area contributed by atoms with Crippen LogP contribution in [0.15, 0.2) is 65.7 Å². The highest BCUT2D eigenvalue weighted by Gasteiger charge is 2.05. The van der Waals surface area contributed by atoms with Gasteiger partial charge < -0.3 is 8.75 Å². The van der Waals surface area contributed by atoms with E-state index in [-0.39, 0.29) is 6.10 Å². The predicted octanol–water partition coefficient (Wildman–Crippen LogP) is 5.06. The van der Waals surface area contributed by atoms with Gasteiger partial charge in [0, 0.05) is 34.2 Å². The molecular weight excluding hydrogens is 266 g/mol. The molecule has 0 fully saturated rings. The maximum atomic E-state index is 5.58. The summed E-state index contributed by atoms with van der Waals surface area (Å²) in [4.78, 5) is 1.14. The van der Waals surface area contributed by atoms with Crippen LogP contribution in [-0.2, 0) is 4.18 Å². The summed E-state index contributed by atoms with van der Waals surface area (Å²) < 4.78 is 7.78. The first-order chi connectivity index (χ1) is 9.74. The molecule has 2 aromatic carbocycles. The van der Waals surface area contributed by atoms with Gasteiger partial charge in [-0.05, 0) is 50.2 Å². The number of hydrogen-bond acceptors (Lipinski definition) is 2. The Morgan fingerprint density at radius 2 is 1.80 bits per heavy atom. The Hall–Kier alpha value is -1.71. The third-order valence-corrected chi connectivity index (χ3v) is 3.96. The number of hydrogen-bond donors (Lipinski definition) is 0. The molecule has 3 aromatic rings. The van der Waals surface area contributed by atoms with Crippen molar-refractivity contribution in [3.05, 3.63) is 60.8 Å². The number of aromatic nitrogens is 1. The van der Waals surface area contributed by atoms with Gasteiger partial charge in [0.25, 0.3) is 0 Å². The van der Waals surface area contributed by atoms with E-state index in [2.05, 4.69) is 59.3 Å². The van der Waals surface area contributed by atoms with Crippen LogP contribution in [0.1, 0.15) is 13.8 Å². The summed E-state index contributed by atoms with van der Waals surface area (Å²) in [7, 11) is 0. The van der Waals surface area contributed by atoms with Crippen LogP contribution in [0.2, 0.25) is 0 Å². The van der Waals surface area contributed by atoms with Gasteiger partial charge in [-0.1, -0.05) is 18.2 Å². The number of para-hydroxylation sites is 1. The monoisotopic (exact) mass is 283 g/mol. The quantitative estimate of drug-likeness (QED) is 0.621. The van der Waals surface area contributed by atoms with Gasteiger partial charge in [-0.25, -0.2) is 0 Å². The zero-order valence-electron chi connectivity index (χ0n) is 11.6. The summed E-state index contributed by atoms with van der Waals surface area (Å²) in [5.74, 6) is 0.